The largest absolute Gasteiger partial charge is 0.493 e. The highest BCUT2D eigenvalue weighted by molar-refractivity contribution is 8.00. The molecule has 0 amide bonds. The number of carbonyl (C=O) groups is 1. The Morgan fingerprint density at radius 1 is 1.20 bits per heavy atom. The van der Waals surface area contributed by atoms with E-state index in [1.807, 2.05) is 6.07 Å². The van der Waals surface area contributed by atoms with Crippen molar-refractivity contribution >= 4 is 40.2 Å². The summed E-state index contributed by atoms with van der Waals surface area (Å²) < 4.78 is 16.3. The Morgan fingerprint density at radius 3 is 2.72 bits per heavy atom. The topological polar surface area (TPSA) is 61.6 Å². The minimum Gasteiger partial charge on any atom is -0.493 e. The number of nitrogens with zero attached hydrogens (tertiary/aromatic N) is 1. The van der Waals surface area contributed by atoms with Gasteiger partial charge in [-0.25, -0.2) is 4.98 Å². The van der Waals surface area contributed by atoms with Crippen LogP contribution in [0.15, 0.2) is 40.0 Å². The molecule has 0 saturated carbocycles. The van der Waals surface area contributed by atoms with E-state index < -0.39 is 0 Å². The van der Waals surface area contributed by atoms with Crippen molar-refractivity contribution in [2.24, 2.45) is 0 Å². The number of fused-ring (bicyclic) bond motifs is 2. The van der Waals surface area contributed by atoms with E-state index in [1.54, 1.807) is 38.5 Å². The van der Waals surface area contributed by atoms with E-state index in [1.165, 1.54) is 11.8 Å². The van der Waals surface area contributed by atoms with Gasteiger partial charge in [0.1, 0.15) is 5.52 Å². The van der Waals surface area contributed by atoms with E-state index in [2.05, 4.69) is 4.98 Å². The van der Waals surface area contributed by atoms with Crippen molar-refractivity contribution in [3.63, 3.8) is 0 Å². The van der Waals surface area contributed by atoms with Gasteiger partial charge in [0, 0.05) is 10.6 Å². The maximum atomic E-state index is 12.7. The highest BCUT2D eigenvalue weighted by Crippen LogP contribution is 2.40. The van der Waals surface area contributed by atoms with Gasteiger partial charge in [0.15, 0.2) is 22.9 Å². The van der Waals surface area contributed by atoms with Crippen LogP contribution in [0, 0.1) is 0 Å². The van der Waals surface area contributed by atoms with Gasteiger partial charge in [-0.1, -0.05) is 23.4 Å². The van der Waals surface area contributed by atoms with Gasteiger partial charge >= 0.3 is 0 Å². The Balaban J connectivity index is 1.62. The normalized spacial score (nSPS) is 16.3. The summed E-state index contributed by atoms with van der Waals surface area (Å²) >= 11 is 7.30. The number of hydrogen-bond donors (Lipinski definition) is 0. The van der Waals surface area contributed by atoms with E-state index in [9.17, 15) is 4.79 Å². The first-order chi connectivity index (χ1) is 12.1. The lowest BCUT2D eigenvalue weighted by Crippen LogP contribution is -2.11. The molecular weight excluding hydrogens is 362 g/mol. The number of ketones is 1. The van der Waals surface area contributed by atoms with Gasteiger partial charge in [-0.05, 0) is 42.3 Å². The van der Waals surface area contributed by atoms with Crippen molar-refractivity contribution in [1.82, 2.24) is 4.98 Å². The Hall–Kier alpha value is -2.18. The molecule has 0 unspecified atom stereocenters. The molecule has 0 saturated heterocycles. The van der Waals surface area contributed by atoms with Crippen LogP contribution in [-0.4, -0.2) is 30.2 Å². The number of aromatic nitrogens is 1. The number of methoxy groups -OCH3 is 2. The fourth-order valence-electron chi connectivity index (χ4n) is 2.93. The third kappa shape index (κ3) is 2.85. The summed E-state index contributed by atoms with van der Waals surface area (Å²) in [6.45, 7) is 0. The lowest BCUT2D eigenvalue weighted by Gasteiger charge is -2.09. The number of benzene rings is 2. The zero-order chi connectivity index (χ0) is 17.6. The first-order valence-corrected chi connectivity index (χ1v) is 8.86. The van der Waals surface area contributed by atoms with Crippen LogP contribution in [0.2, 0.25) is 5.02 Å². The quantitative estimate of drug-likeness (QED) is 0.673. The Morgan fingerprint density at radius 2 is 1.96 bits per heavy atom. The smallest absolute Gasteiger partial charge is 0.257 e. The van der Waals surface area contributed by atoms with Crippen LogP contribution in [0.1, 0.15) is 15.9 Å². The molecule has 0 fully saturated rings. The van der Waals surface area contributed by atoms with Crippen LogP contribution >= 0.6 is 23.4 Å². The summed E-state index contributed by atoms with van der Waals surface area (Å²) in [5.41, 5.74) is 2.94. The number of rotatable bonds is 4. The molecule has 7 heteroatoms. The van der Waals surface area contributed by atoms with Crippen molar-refractivity contribution < 1.29 is 18.7 Å². The Labute approximate surface area is 153 Å². The monoisotopic (exact) mass is 375 g/mol. The predicted octanol–water partition coefficient (Wildman–Crippen LogP) is 4.40. The van der Waals surface area contributed by atoms with Crippen LogP contribution in [0.3, 0.4) is 0 Å². The molecule has 0 bridgehead atoms. The van der Waals surface area contributed by atoms with Crippen molar-refractivity contribution in [3.05, 3.63) is 46.5 Å². The highest BCUT2D eigenvalue weighted by atomic mass is 35.5. The molecule has 128 valence electrons. The van der Waals surface area contributed by atoms with Gasteiger partial charge in [0.05, 0.1) is 19.5 Å². The molecule has 1 aliphatic carbocycles. The van der Waals surface area contributed by atoms with E-state index in [-0.39, 0.29) is 11.0 Å². The van der Waals surface area contributed by atoms with Crippen LogP contribution in [-0.2, 0) is 6.42 Å². The number of oxazole rings is 1. The summed E-state index contributed by atoms with van der Waals surface area (Å²) in [7, 11) is 3.13. The molecular formula is C18H14ClNO4S. The Bertz CT molecular complexity index is 985. The van der Waals surface area contributed by atoms with Crippen molar-refractivity contribution in [2.75, 3.05) is 14.2 Å². The summed E-state index contributed by atoms with van der Waals surface area (Å²) in [4.78, 5) is 17.1. The standard InChI is InChI=1S/C18H14ClNO4S/c1-22-14-5-9-6-16(17(21)11(9)8-15(14)23-2)25-18-20-12-7-10(19)3-4-13(12)24-18/h3-5,7-8,16H,6H2,1-2H3/t16-/m0/s1. The fraction of sp³-hybridized carbons (Fsp3) is 0.222. The number of thioether (sulfide) groups is 1. The summed E-state index contributed by atoms with van der Waals surface area (Å²) in [6, 6.07) is 8.86. The first-order valence-electron chi connectivity index (χ1n) is 7.61. The second-order valence-electron chi connectivity index (χ2n) is 5.63. The number of carbonyl (C=O) groups excluding carboxylic acids is 1. The van der Waals surface area contributed by atoms with Gasteiger partial charge in [-0.3, -0.25) is 4.79 Å². The number of ether oxygens (including phenoxy) is 2. The molecule has 1 heterocycles. The number of Topliss-reactive ketones (excluding diaryl/α,β-unsaturated/α-hetero) is 1. The molecule has 1 aliphatic rings. The maximum absolute atomic E-state index is 12.7. The molecule has 0 N–H and O–H groups in total. The number of halogens is 1. The van der Waals surface area contributed by atoms with Gasteiger partial charge in [0.2, 0.25) is 0 Å². The molecule has 4 rings (SSSR count). The minimum absolute atomic E-state index is 0.0428. The third-order valence-electron chi connectivity index (χ3n) is 4.15. The molecule has 0 radical (unpaired) electrons. The molecule has 5 nitrogen and oxygen atoms in total. The molecule has 2 aromatic carbocycles. The summed E-state index contributed by atoms with van der Waals surface area (Å²) in [5, 5.41) is 0.776. The second kappa shape index (κ2) is 6.28. The molecule has 1 atom stereocenters. The minimum atomic E-state index is -0.282. The van der Waals surface area contributed by atoms with Gasteiger partial charge < -0.3 is 13.9 Å². The van der Waals surface area contributed by atoms with Gasteiger partial charge in [0.25, 0.3) is 5.22 Å². The zero-order valence-electron chi connectivity index (χ0n) is 13.5. The molecule has 3 aromatic rings. The molecule has 25 heavy (non-hydrogen) atoms. The van der Waals surface area contributed by atoms with Crippen LogP contribution < -0.4 is 9.47 Å². The lowest BCUT2D eigenvalue weighted by atomic mass is 10.1. The molecule has 0 spiro atoms. The zero-order valence-corrected chi connectivity index (χ0v) is 15.1. The van der Waals surface area contributed by atoms with Crippen LogP contribution in [0.5, 0.6) is 11.5 Å². The molecule has 1 aromatic heterocycles. The third-order valence-corrected chi connectivity index (χ3v) is 5.42. The average molecular weight is 376 g/mol. The SMILES string of the molecule is COc1cc2c(cc1OC)C(=O)[C@@H](Sc1nc3cc(Cl)ccc3o1)C2. The van der Waals surface area contributed by atoms with Gasteiger partial charge in [-0.2, -0.15) is 0 Å². The second-order valence-corrected chi connectivity index (χ2v) is 7.22. The number of hydrogen-bond acceptors (Lipinski definition) is 6. The van der Waals surface area contributed by atoms with Gasteiger partial charge in [-0.15, -0.1) is 0 Å². The van der Waals surface area contributed by atoms with Crippen molar-refractivity contribution in [3.8, 4) is 11.5 Å². The van der Waals surface area contributed by atoms with E-state index in [0.29, 0.717) is 44.8 Å². The lowest BCUT2D eigenvalue weighted by molar-refractivity contribution is 0.0999. The predicted molar refractivity (Wildman–Crippen MR) is 96.2 cm³/mol. The van der Waals surface area contributed by atoms with E-state index in [0.717, 1.165) is 5.56 Å². The first kappa shape index (κ1) is 16.3. The fourth-order valence-corrected chi connectivity index (χ4v) is 4.13. The van der Waals surface area contributed by atoms with Crippen LogP contribution in [0.4, 0.5) is 0 Å². The summed E-state index contributed by atoms with van der Waals surface area (Å²) in [5.74, 6) is 1.22. The average Bonchev–Trinajstić information content (AvgIpc) is 3.14. The van der Waals surface area contributed by atoms with Crippen LogP contribution in [0.25, 0.3) is 11.1 Å². The molecule has 0 aliphatic heterocycles. The highest BCUT2D eigenvalue weighted by Gasteiger charge is 2.34. The van der Waals surface area contributed by atoms with E-state index in [4.69, 9.17) is 25.5 Å². The van der Waals surface area contributed by atoms with Crippen molar-refractivity contribution in [1.29, 1.82) is 0 Å². The van der Waals surface area contributed by atoms with E-state index >= 15 is 0 Å². The summed E-state index contributed by atoms with van der Waals surface area (Å²) in [6.07, 6.45) is 0.596. The van der Waals surface area contributed by atoms with Crippen molar-refractivity contribution in [2.45, 2.75) is 16.9 Å². The Kier molecular flexibility index (Phi) is 4.09. The maximum Gasteiger partial charge on any atom is 0.257 e.